The zero-order valence-electron chi connectivity index (χ0n) is 15.3. The smallest absolute Gasteiger partial charge is 0.317 e. The number of likely N-dealkylation sites (tertiary alicyclic amines) is 1. The number of rotatable bonds is 5. The van der Waals surface area contributed by atoms with Gasteiger partial charge in [-0.15, -0.1) is 0 Å². The van der Waals surface area contributed by atoms with Gasteiger partial charge in [-0.2, -0.15) is 0 Å². The van der Waals surface area contributed by atoms with E-state index in [1.165, 1.54) is 5.56 Å². The molecule has 0 aliphatic carbocycles. The fourth-order valence-corrected chi connectivity index (χ4v) is 3.98. The molecule has 1 saturated heterocycles. The van der Waals surface area contributed by atoms with Gasteiger partial charge in [0, 0.05) is 18.4 Å². The van der Waals surface area contributed by atoms with Gasteiger partial charge in [0.15, 0.2) is 0 Å². The van der Waals surface area contributed by atoms with Crippen molar-refractivity contribution in [3.8, 4) is 0 Å². The molecule has 1 aliphatic heterocycles. The molecule has 2 aromatic carbocycles. The molecule has 132 valence electrons. The van der Waals surface area contributed by atoms with Gasteiger partial charge < -0.3 is 9.22 Å². The van der Waals surface area contributed by atoms with E-state index in [0.29, 0.717) is 6.61 Å². The van der Waals surface area contributed by atoms with Crippen molar-refractivity contribution in [2.45, 2.75) is 31.7 Å². The van der Waals surface area contributed by atoms with E-state index in [2.05, 4.69) is 49.5 Å². The van der Waals surface area contributed by atoms with Crippen LogP contribution in [0.1, 0.15) is 30.9 Å². The van der Waals surface area contributed by atoms with Crippen LogP contribution in [0.25, 0.3) is 0 Å². The number of benzene rings is 2. The number of piperidine rings is 1. The number of carbonyl (C=O) groups excluding carboxylic acids is 1. The third-order valence-electron chi connectivity index (χ3n) is 5.56. The average Bonchev–Trinajstić information content (AvgIpc) is 2.64. The lowest BCUT2D eigenvalue weighted by Gasteiger charge is -2.45. The largest absolute Gasteiger partial charge is 0.465 e. The molecule has 3 heteroatoms. The molecule has 0 atom stereocenters. The summed E-state index contributed by atoms with van der Waals surface area (Å²) in [5.74, 6) is -0.0628. The molecule has 2 aromatic rings. The Labute approximate surface area is 150 Å². The second-order valence-electron chi connectivity index (χ2n) is 7.38. The number of hydrogen-bond acceptors (Lipinski definition) is 2. The van der Waals surface area contributed by atoms with Crippen LogP contribution in [0, 0.1) is 0 Å². The standard InChI is InChI=1S/C22H28NO2/c1-3-25-21(24)22(20-12-8-5-9-13-20)14-16-23(2,17-15-22)18-19-10-6-4-7-11-19/h4-13H,3,14-18H2,1-2H3/q+1. The van der Waals surface area contributed by atoms with E-state index in [4.69, 9.17) is 4.74 Å². The molecule has 1 heterocycles. The second-order valence-corrected chi connectivity index (χ2v) is 7.38. The Kier molecular flexibility index (Phi) is 5.24. The molecule has 1 aliphatic rings. The van der Waals surface area contributed by atoms with Gasteiger partial charge in [-0.3, -0.25) is 4.79 Å². The highest BCUT2D eigenvalue weighted by molar-refractivity contribution is 5.83. The summed E-state index contributed by atoms with van der Waals surface area (Å²) in [6, 6.07) is 20.8. The Hall–Kier alpha value is -2.13. The third-order valence-corrected chi connectivity index (χ3v) is 5.56. The van der Waals surface area contributed by atoms with Crippen molar-refractivity contribution < 1.29 is 14.0 Å². The summed E-state index contributed by atoms with van der Waals surface area (Å²) in [5, 5.41) is 0. The molecule has 3 nitrogen and oxygen atoms in total. The molecule has 3 rings (SSSR count). The van der Waals surface area contributed by atoms with Gasteiger partial charge in [0.1, 0.15) is 12.0 Å². The summed E-state index contributed by atoms with van der Waals surface area (Å²) in [7, 11) is 2.30. The van der Waals surface area contributed by atoms with Crippen molar-refractivity contribution in [3.63, 3.8) is 0 Å². The maximum absolute atomic E-state index is 12.9. The Morgan fingerprint density at radius 3 is 2.12 bits per heavy atom. The van der Waals surface area contributed by atoms with E-state index in [0.717, 1.165) is 42.5 Å². The lowest BCUT2D eigenvalue weighted by atomic mass is 9.72. The zero-order valence-corrected chi connectivity index (χ0v) is 15.3. The number of hydrogen-bond donors (Lipinski definition) is 0. The van der Waals surface area contributed by atoms with E-state index < -0.39 is 5.41 Å². The molecule has 0 saturated carbocycles. The highest BCUT2D eigenvalue weighted by atomic mass is 16.5. The normalized spacial score (nSPS) is 26.2. The van der Waals surface area contributed by atoms with Crippen molar-refractivity contribution >= 4 is 5.97 Å². The van der Waals surface area contributed by atoms with Crippen LogP contribution in [0.15, 0.2) is 60.7 Å². The SMILES string of the molecule is CCOC(=O)C1(c2ccccc2)CC[N+](C)(Cc2ccccc2)CC1. The quantitative estimate of drug-likeness (QED) is 0.610. The average molecular weight is 338 g/mol. The van der Waals surface area contributed by atoms with E-state index in [1.54, 1.807) is 0 Å². The fourth-order valence-electron chi connectivity index (χ4n) is 3.98. The molecule has 0 N–H and O–H groups in total. The highest BCUT2D eigenvalue weighted by Crippen LogP contribution is 2.39. The minimum atomic E-state index is -0.494. The summed E-state index contributed by atoms with van der Waals surface area (Å²) in [5.41, 5.74) is 1.96. The van der Waals surface area contributed by atoms with Gasteiger partial charge in [-0.25, -0.2) is 0 Å². The van der Waals surface area contributed by atoms with Crippen molar-refractivity contribution in [1.29, 1.82) is 0 Å². The van der Waals surface area contributed by atoms with Gasteiger partial charge in [-0.05, 0) is 12.5 Å². The van der Waals surface area contributed by atoms with Gasteiger partial charge >= 0.3 is 5.97 Å². The number of esters is 1. The Morgan fingerprint density at radius 2 is 1.56 bits per heavy atom. The summed E-state index contributed by atoms with van der Waals surface area (Å²) in [4.78, 5) is 12.9. The van der Waals surface area contributed by atoms with Crippen LogP contribution in [0.3, 0.4) is 0 Å². The second kappa shape index (κ2) is 7.40. The van der Waals surface area contributed by atoms with Crippen molar-refractivity contribution in [2.75, 3.05) is 26.7 Å². The van der Waals surface area contributed by atoms with Crippen molar-refractivity contribution in [1.82, 2.24) is 0 Å². The predicted octanol–water partition coefficient (Wildman–Crippen LogP) is 3.93. The van der Waals surface area contributed by atoms with Gasteiger partial charge in [-0.1, -0.05) is 60.7 Å². The number of ether oxygens (including phenoxy) is 1. The first-order valence-electron chi connectivity index (χ1n) is 9.18. The highest BCUT2D eigenvalue weighted by Gasteiger charge is 2.48. The van der Waals surface area contributed by atoms with Crippen LogP contribution >= 0.6 is 0 Å². The molecule has 1 fully saturated rings. The topological polar surface area (TPSA) is 26.3 Å². The molecule has 25 heavy (non-hydrogen) atoms. The molecule has 0 aromatic heterocycles. The molecule has 0 amide bonds. The molecule has 0 spiro atoms. The van der Waals surface area contributed by atoms with Gasteiger partial charge in [0.25, 0.3) is 0 Å². The first-order chi connectivity index (χ1) is 12.1. The van der Waals surface area contributed by atoms with E-state index in [1.807, 2.05) is 25.1 Å². The molecule has 0 bridgehead atoms. The molecule has 0 unspecified atom stereocenters. The maximum atomic E-state index is 12.9. The Balaban J connectivity index is 1.81. The van der Waals surface area contributed by atoms with Crippen LogP contribution in [-0.2, 0) is 21.5 Å². The number of quaternary nitrogens is 1. The number of carbonyl (C=O) groups is 1. The minimum absolute atomic E-state index is 0.0628. The van der Waals surface area contributed by atoms with Crippen LogP contribution < -0.4 is 0 Å². The Bertz CT molecular complexity index is 688. The van der Waals surface area contributed by atoms with Crippen LogP contribution in [0.2, 0.25) is 0 Å². The number of nitrogens with zero attached hydrogens (tertiary/aromatic N) is 1. The van der Waals surface area contributed by atoms with Crippen LogP contribution in [0.4, 0.5) is 0 Å². The molecular formula is C22H28NO2+. The third kappa shape index (κ3) is 3.77. The van der Waals surface area contributed by atoms with Crippen LogP contribution in [-0.4, -0.2) is 37.2 Å². The summed E-state index contributed by atoms with van der Waals surface area (Å²) in [6.45, 7) is 5.28. The van der Waals surface area contributed by atoms with E-state index in [-0.39, 0.29) is 5.97 Å². The fraction of sp³-hybridized carbons (Fsp3) is 0.409. The maximum Gasteiger partial charge on any atom is 0.317 e. The first-order valence-corrected chi connectivity index (χ1v) is 9.18. The van der Waals surface area contributed by atoms with E-state index in [9.17, 15) is 4.79 Å². The summed E-state index contributed by atoms with van der Waals surface area (Å²) >= 11 is 0. The monoisotopic (exact) mass is 338 g/mol. The van der Waals surface area contributed by atoms with Gasteiger partial charge in [0.05, 0.1) is 26.7 Å². The Morgan fingerprint density at radius 1 is 1.00 bits per heavy atom. The summed E-state index contributed by atoms with van der Waals surface area (Å²) < 4.78 is 6.45. The van der Waals surface area contributed by atoms with Gasteiger partial charge in [0.2, 0.25) is 0 Å². The lowest BCUT2D eigenvalue weighted by Crippen LogP contribution is -2.56. The summed E-state index contributed by atoms with van der Waals surface area (Å²) in [6.07, 6.45) is 1.67. The first kappa shape index (κ1) is 17.7. The van der Waals surface area contributed by atoms with E-state index >= 15 is 0 Å². The molecular weight excluding hydrogens is 310 g/mol. The predicted molar refractivity (Wildman–Crippen MR) is 100 cm³/mol. The lowest BCUT2D eigenvalue weighted by molar-refractivity contribution is -0.928. The molecule has 0 radical (unpaired) electrons. The van der Waals surface area contributed by atoms with Crippen molar-refractivity contribution in [3.05, 3.63) is 71.8 Å². The zero-order chi connectivity index (χ0) is 17.8. The van der Waals surface area contributed by atoms with Crippen molar-refractivity contribution in [2.24, 2.45) is 0 Å². The minimum Gasteiger partial charge on any atom is -0.465 e. The van der Waals surface area contributed by atoms with Crippen LogP contribution in [0.5, 0.6) is 0 Å².